The quantitative estimate of drug-likeness (QED) is 0.0366. The molecule has 0 unspecified atom stereocenters. The summed E-state index contributed by atoms with van der Waals surface area (Å²) in [6.07, 6.45) is 8.63. The average Bonchev–Trinajstić information content (AvgIpc) is 0.731. The van der Waals surface area contributed by atoms with Gasteiger partial charge in [-0.25, -0.2) is 28.4 Å². The fourth-order valence-corrected chi connectivity index (χ4v) is 17.5. The Hall–Kier alpha value is -14.2. The number of hydrogen-bond donors (Lipinski definition) is 4. The molecular formula is C96H94N14O11S. The number of β-lactam (4-membered cyclic amide) rings is 4. The zero-order chi connectivity index (χ0) is 86.6. The highest BCUT2D eigenvalue weighted by molar-refractivity contribution is 7.91. The Balaban J connectivity index is 0.000000149. The van der Waals surface area contributed by atoms with E-state index in [-0.39, 0.29) is 97.0 Å². The summed E-state index contributed by atoms with van der Waals surface area (Å²) >= 11 is 0. The number of aromatic nitrogens is 4. The van der Waals surface area contributed by atoms with Crippen molar-refractivity contribution >= 4 is 80.4 Å². The standard InChI is InChI=1S/C26H27N3O3.C25H22N4O2.C25H25N3O4S.C20H20N4O2/c1-2-32-26-22(15-18-13-14-28-23(27)16-18)25(31)29(26)24(30)17-21(19-9-5-3-6-10-19)20-11-7-4-8-12-20;26-16-22-21(13-17-11-12-28-23(27)14-17)25(31)29(22)24(30)15-20(18-7-3-1-4-8-18)19-9-5-2-6-10-19;1-33(31,32)25-21(14-17-12-13-27-22(26)15-17)24(30)28(25)23(29)16-20(18-8-4-2-5-9-18)19-10-6-3-7-11-19;1-13(15-5-3-2-4-6-15)9-19(25)24-17(12-21)16(20(24)26)10-14-7-8-23-18(22)11-14/h3-14,16,21-22,26H,2,15,17H2,1H3,(H2,27,28);1-12,14,20-22H,13,15H2,(H2,27,28);2-13,15,20-21,25H,14,16H2,1H3,(H2,26,27);2-8,11,13,16-17H,9-10H2,1H3,(H2,22,23)/t22-,26+;21-,22-;21-,25+;13-,16+,17+/m0100/s1. The molecule has 8 heterocycles. The molecule has 8 amide bonds. The molecular weight excluding hydrogens is 1560 g/mol. The molecule has 620 valence electrons. The summed E-state index contributed by atoms with van der Waals surface area (Å²) in [4.78, 5) is 124. The van der Waals surface area contributed by atoms with E-state index in [1.807, 2.05) is 232 Å². The highest BCUT2D eigenvalue weighted by Crippen LogP contribution is 2.41. The monoisotopic (exact) mass is 1650 g/mol. The smallest absolute Gasteiger partial charge is 0.239 e. The number of hydrogen-bond acceptors (Lipinski definition) is 21. The molecule has 11 aromatic rings. The van der Waals surface area contributed by atoms with E-state index in [1.54, 1.807) is 61.1 Å². The van der Waals surface area contributed by atoms with Gasteiger partial charge in [-0.05, 0) is 148 Å². The minimum Gasteiger partial charge on any atom is -0.384 e. The van der Waals surface area contributed by atoms with Gasteiger partial charge in [-0.3, -0.25) is 58.0 Å². The predicted octanol–water partition coefficient (Wildman–Crippen LogP) is 12.1. The normalized spacial score (nSPS) is 18.5. The van der Waals surface area contributed by atoms with Gasteiger partial charge in [0.15, 0.2) is 21.4 Å². The number of nitrogens with zero attached hydrogens (tertiary/aromatic N) is 10. The van der Waals surface area contributed by atoms with Crippen LogP contribution in [0.15, 0.2) is 286 Å². The predicted molar refractivity (Wildman–Crippen MR) is 461 cm³/mol. The van der Waals surface area contributed by atoms with Crippen LogP contribution in [0.2, 0.25) is 0 Å². The van der Waals surface area contributed by atoms with Gasteiger partial charge in [-0.2, -0.15) is 10.5 Å². The number of amides is 8. The summed E-state index contributed by atoms with van der Waals surface area (Å²) in [6.45, 7) is 4.22. The van der Waals surface area contributed by atoms with Crippen LogP contribution < -0.4 is 22.9 Å². The number of pyridine rings is 4. The fourth-order valence-electron chi connectivity index (χ4n) is 16.1. The maximum absolute atomic E-state index is 13.3. The Bertz CT molecular complexity index is 5600. The lowest BCUT2D eigenvalue weighted by Crippen LogP contribution is -2.66. The zero-order valence-electron chi connectivity index (χ0n) is 67.6. The molecule has 0 saturated carbocycles. The molecule has 26 heteroatoms. The molecule has 4 aliphatic heterocycles. The van der Waals surface area contributed by atoms with E-state index < -0.39 is 69.0 Å². The number of nitrogen functional groups attached to an aromatic ring is 4. The number of anilines is 4. The van der Waals surface area contributed by atoms with E-state index in [0.717, 1.165) is 76.6 Å². The van der Waals surface area contributed by atoms with Crippen LogP contribution in [0.1, 0.15) is 124 Å². The van der Waals surface area contributed by atoms with E-state index in [0.29, 0.717) is 48.9 Å². The molecule has 0 bridgehead atoms. The molecule has 122 heavy (non-hydrogen) atoms. The Morgan fingerprint density at radius 3 is 0.918 bits per heavy atom. The molecule has 15 rings (SSSR count). The highest BCUT2D eigenvalue weighted by atomic mass is 32.2. The first-order chi connectivity index (χ1) is 58.9. The van der Waals surface area contributed by atoms with Gasteiger partial charge >= 0.3 is 0 Å². The minimum atomic E-state index is -3.70. The van der Waals surface area contributed by atoms with E-state index in [9.17, 15) is 57.3 Å². The lowest BCUT2D eigenvalue weighted by atomic mass is 9.81. The minimum absolute atomic E-state index is 0.0132. The number of ether oxygens (including phenoxy) is 1. The third-order valence-electron chi connectivity index (χ3n) is 22.3. The fraction of sp³-hybridized carbons (Fsp3) is 0.250. The van der Waals surface area contributed by atoms with Gasteiger partial charge in [-0.15, -0.1) is 0 Å². The van der Waals surface area contributed by atoms with Crippen molar-refractivity contribution in [2.75, 3.05) is 35.8 Å². The summed E-state index contributed by atoms with van der Waals surface area (Å²) in [5, 5.41) is 17.9. The summed E-state index contributed by atoms with van der Waals surface area (Å²) in [5.74, 6) is -4.20. The molecule has 4 saturated heterocycles. The first kappa shape index (κ1) is 87.1. The first-order valence-electron chi connectivity index (χ1n) is 40.1. The molecule has 4 fully saturated rings. The average molecular weight is 1650 g/mol. The van der Waals surface area contributed by atoms with Crippen molar-refractivity contribution in [2.45, 2.75) is 113 Å². The molecule has 4 aromatic heterocycles. The lowest BCUT2D eigenvalue weighted by Gasteiger charge is -2.45. The molecule has 7 aromatic carbocycles. The van der Waals surface area contributed by atoms with Crippen LogP contribution >= 0.6 is 0 Å². The number of imide groups is 4. The van der Waals surface area contributed by atoms with Crippen LogP contribution in [-0.4, -0.2) is 132 Å². The molecule has 0 radical (unpaired) electrons. The van der Waals surface area contributed by atoms with Crippen LogP contribution in [-0.2, 0) is 78.6 Å². The second-order valence-corrected chi connectivity index (χ2v) is 32.6. The third kappa shape index (κ3) is 21.1. The number of nitriles is 2. The molecule has 8 N–H and O–H groups in total. The lowest BCUT2D eigenvalue weighted by molar-refractivity contribution is -0.197. The molecule has 4 aliphatic rings. The molecule has 25 nitrogen and oxygen atoms in total. The largest absolute Gasteiger partial charge is 0.384 e. The zero-order valence-corrected chi connectivity index (χ0v) is 68.4. The molecule has 0 aliphatic carbocycles. The van der Waals surface area contributed by atoms with Crippen LogP contribution in [0.25, 0.3) is 0 Å². The van der Waals surface area contributed by atoms with Gasteiger partial charge in [0, 0.05) is 81.1 Å². The van der Waals surface area contributed by atoms with Gasteiger partial charge in [0.05, 0.1) is 35.8 Å². The van der Waals surface area contributed by atoms with Crippen molar-refractivity contribution in [2.24, 2.45) is 23.7 Å². The Morgan fingerprint density at radius 1 is 0.377 bits per heavy atom. The summed E-state index contributed by atoms with van der Waals surface area (Å²) < 4.78 is 31.0. The van der Waals surface area contributed by atoms with Gasteiger partial charge < -0.3 is 27.7 Å². The van der Waals surface area contributed by atoms with Crippen molar-refractivity contribution in [1.29, 1.82) is 10.5 Å². The van der Waals surface area contributed by atoms with Crippen LogP contribution in [0.5, 0.6) is 0 Å². The van der Waals surface area contributed by atoms with E-state index in [1.165, 1.54) is 11.1 Å². The molecule has 9 atom stereocenters. The summed E-state index contributed by atoms with van der Waals surface area (Å²) in [5.41, 5.74) is 33.0. The summed E-state index contributed by atoms with van der Waals surface area (Å²) in [7, 11) is -3.70. The Morgan fingerprint density at radius 2 is 0.631 bits per heavy atom. The van der Waals surface area contributed by atoms with Gasteiger partial charge in [0.1, 0.15) is 35.4 Å². The Kier molecular flexibility index (Phi) is 28.9. The van der Waals surface area contributed by atoms with E-state index in [2.05, 4.69) is 32.1 Å². The second-order valence-electron chi connectivity index (χ2n) is 30.5. The van der Waals surface area contributed by atoms with Crippen molar-refractivity contribution in [3.05, 3.63) is 347 Å². The van der Waals surface area contributed by atoms with Crippen LogP contribution in [0.3, 0.4) is 0 Å². The second kappa shape index (κ2) is 40.5. The molecule has 0 spiro atoms. The highest BCUT2D eigenvalue weighted by Gasteiger charge is 2.57. The third-order valence-corrected chi connectivity index (χ3v) is 23.7. The van der Waals surface area contributed by atoms with Crippen LogP contribution in [0, 0.1) is 46.3 Å². The number of likely N-dealkylation sites (tertiary alicyclic amines) is 4. The van der Waals surface area contributed by atoms with Crippen molar-refractivity contribution in [1.82, 2.24) is 39.5 Å². The number of carbonyl (C=O) groups is 8. The first-order valence-corrected chi connectivity index (χ1v) is 42.1. The number of nitrogens with two attached hydrogens (primary N) is 4. The number of benzene rings is 7. The van der Waals surface area contributed by atoms with E-state index in [4.69, 9.17) is 27.7 Å². The van der Waals surface area contributed by atoms with Crippen molar-refractivity contribution in [3.63, 3.8) is 0 Å². The van der Waals surface area contributed by atoms with E-state index >= 15 is 0 Å². The van der Waals surface area contributed by atoms with Gasteiger partial charge in [-0.1, -0.05) is 219 Å². The van der Waals surface area contributed by atoms with Crippen molar-refractivity contribution in [3.8, 4) is 12.1 Å². The Labute approximate surface area is 708 Å². The van der Waals surface area contributed by atoms with Gasteiger partial charge in [0.25, 0.3) is 0 Å². The number of carbonyl (C=O) groups excluding carboxylic acids is 8. The van der Waals surface area contributed by atoms with Gasteiger partial charge in [0.2, 0.25) is 47.3 Å². The number of sulfone groups is 1. The van der Waals surface area contributed by atoms with Crippen molar-refractivity contribution < 1.29 is 51.5 Å². The maximum atomic E-state index is 13.3. The number of rotatable bonds is 26. The summed E-state index contributed by atoms with van der Waals surface area (Å²) in [6, 6.07) is 84.5. The topological polar surface area (TPSA) is 396 Å². The SMILES string of the molecule is CCO[C@@H]1[C@@H](Cc2ccnc(N)c2)C(=O)N1C(=O)CC(c1ccccc1)c1ccccc1.CS(=O)(=O)[C@@H]1[C@@H](Cc2ccnc(N)c2)C(=O)N1C(=O)CC(c1ccccc1)c1ccccc1.C[C@@H](CC(=O)N1C(=O)[C@H](Cc2ccnc(N)c2)[C@H]1C#N)c1ccccc1.N#C[C@@H]1[C@@H](Cc2ccnc(N)c2)C(=O)N1C(=O)CC(c1ccccc1)c1ccccc1. The maximum Gasteiger partial charge on any atom is 0.239 e. The van der Waals surface area contributed by atoms with Crippen LogP contribution in [0.4, 0.5) is 23.3 Å².